The zero-order valence-electron chi connectivity index (χ0n) is 27.5. The molecule has 4 heteroatoms. The average molecular weight is 652 g/mol. The first-order valence-corrected chi connectivity index (χ1v) is 17.1. The summed E-state index contributed by atoms with van der Waals surface area (Å²) in [5, 5.41) is 6.91. The van der Waals surface area contributed by atoms with Crippen molar-refractivity contribution in [2.45, 2.75) is 0 Å². The van der Waals surface area contributed by atoms with Crippen molar-refractivity contribution >= 4 is 43.5 Å². The van der Waals surface area contributed by atoms with Gasteiger partial charge in [-0.25, -0.2) is 15.0 Å². The van der Waals surface area contributed by atoms with Gasteiger partial charge < -0.3 is 4.42 Å². The van der Waals surface area contributed by atoms with E-state index in [0.29, 0.717) is 17.5 Å². The molecule has 2 aromatic heterocycles. The number of aromatic nitrogens is 3. The third-order valence-corrected chi connectivity index (χ3v) is 9.74. The van der Waals surface area contributed by atoms with Crippen LogP contribution in [0.25, 0.3) is 99.9 Å². The summed E-state index contributed by atoms with van der Waals surface area (Å²) in [7, 11) is 0. The Balaban J connectivity index is 1.15. The summed E-state index contributed by atoms with van der Waals surface area (Å²) >= 11 is 0. The fourth-order valence-corrected chi connectivity index (χ4v) is 7.22. The average Bonchev–Trinajstić information content (AvgIpc) is 3.60. The van der Waals surface area contributed by atoms with Gasteiger partial charge >= 0.3 is 0 Å². The van der Waals surface area contributed by atoms with E-state index in [-0.39, 0.29) is 0 Å². The molecule has 0 N–H and O–H groups in total. The van der Waals surface area contributed by atoms with E-state index in [1.165, 1.54) is 27.1 Å². The van der Waals surface area contributed by atoms with Crippen molar-refractivity contribution in [1.82, 2.24) is 15.0 Å². The first kappa shape index (κ1) is 29.0. The monoisotopic (exact) mass is 651 g/mol. The molecule has 8 aromatic carbocycles. The van der Waals surface area contributed by atoms with Crippen molar-refractivity contribution in [2.24, 2.45) is 0 Å². The largest absolute Gasteiger partial charge is 0.455 e. The molecule has 238 valence electrons. The zero-order chi connectivity index (χ0) is 33.7. The van der Waals surface area contributed by atoms with Crippen LogP contribution in [0.1, 0.15) is 0 Å². The maximum Gasteiger partial charge on any atom is 0.164 e. The third kappa shape index (κ3) is 5.04. The highest BCUT2D eigenvalue weighted by Crippen LogP contribution is 2.41. The number of nitrogens with zero attached hydrogens (tertiary/aromatic N) is 3. The Morgan fingerprint density at radius 3 is 1.65 bits per heavy atom. The van der Waals surface area contributed by atoms with E-state index in [9.17, 15) is 0 Å². The van der Waals surface area contributed by atoms with Gasteiger partial charge in [0.15, 0.2) is 17.5 Å². The highest BCUT2D eigenvalue weighted by atomic mass is 16.3. The molecule has 0 atom stereocenters. The molecule has 0 saturated heterocycles. The lowest BCUT2D eigenvalue weighted by atomic mass is 9.96. The minimum atomic E-state index is 0.599. The van der Waals surface area contributed by atoms with Crippen molar-refractivity contribution in [3.05, 3.63) is 176 Å². The fourth-order valence-electron chi connectivity index (χ4n) is 7.22. The Labute approximate surface area is 294 Å². The van der Waals surface area contributed by atoms with Crippen LogP contribution in [0.5, 0.6) is 0 Å². The molecule has 0 aliphatic rings. The summed E-state index contributed by atoms with van der Waals surface area (Å²) in [6.07, 6.45) is 0. The predicted octanol–water partition coefficient (Wildman–Crippen LogP) is 12.4. The van der Waals surface area contributed by atoms with Gasteiger partial charge in [-0.3, -0.25) is 0 Å². The number of fused-ring (bicyclic) bond motifs is 6. The van der Waals surface area contributed by atoms with E-state index < -0.39 is 0 Å². The molecule has 0 radical (unpaired) electrons. The maximum atomic E-state index is 6.71. The molecule has 10 rings (SSSR count). The lowest BCUT2D eigenvalue weighted by Crippen LogP contribution is -2.00. The van der Waals surface area contributed by atoms with Crippen molar-refractivity contribution in [3.63, 3.8) is 0 Å². The lowest BCUT2D eigenvalue weighted by Gasteiger charge is -2.10. The van der Waals surface area contributed by atoms with E-state index >= 15 is 0 Å². The van der Waals surface area contributed by atoms with Crippen LogP contribution >= 0.6 is 0 Å². The molecule has 4 nitrogen and oxygen atoms in total. The molecule has 51 heavy (non-hydrogen) atoms. The highest BCUT2D eigenvalue weighted by molar-refractivity contribution is 6.16. The normalized spacial score (nSPS) is 11.5. The van der Waals surface area contributed by atoms with Crippen LogP contribution in [-0.4, -0.2) is 15.0 Å². The van der Waals surface area contributed by atoms with Gasteiger partial charge in [-0.2, -0.15) is 0 Å². The minimum Gasteiger partial charge on any atom is -0.455 e. The molecule has 0 aliphatic heterocycles. The standard InChI is InChI=1S/C47H29N3O/c1-3-11-30(12-4-1)31-21-26-35(27-22-31)46-48-45(34-14-5-2-6-15-34)49-47(50-46)40-19-10-20-42-43(40)39-18-9-17-38(44(39)51-42)36-28-25-33-24-23-32-13-7-8-16-37(32)41(33)29-36/h1-29H. The minimum absolute atomic E-state index is 0.599. The van der Waals surface area contributed by atoms with E-state index in [1.807, 2.05) is 48.5 Å². The van der Waals surface area contributed by atoms with Gasteiger partial charge in [0, 0.05) is 33.0 Å². The second-order valence-electron chi connectivity index (χ2n) is 12.8. The molecule has 0 unspecified atom stereocenters. The van der Waals surface area contributed by atoms with Crippen LogP contribution in [0.3, 0.4) is 0 Å². The Hall–Kier alpha value is -6.91. The van der Waals surface area contributed by atoms with E-state index in [1.54, 1.807) is 0 Å². The van der Waals surface area contributed by atoms with Crippen LogP contribution in [0, 0.1) is 0 Å². The summed E-state index contributed by atoms with van der Waals surface area (Å²) in [6.45, 7) is 0. The molecular formula is C47H29N3O. The maximum absolute atomic E-state index is 6.71. The number of furan rings is 1. The van der Waals surface area contributed by atoms with Crippen molar-refractivity contribution in [2.75, 3.05) is 0 Å². The van der Waals surface area contributed by atoms with Crippen LogP contribution in [-0.2, 0) is 0 Å². The molecule has 2 heterocycles. The smallest absolute Gasteiger partial charge is 0.164 e. The van der Waals surface area contributed by atoms with Gasteiger partial charge in [0.25, 0.3) is 0 Å². The summed E-state index contributed by atoms with van der Waals surface area (Å²) in [5.41, 5.74) is 8.84. The Morgan fingerprint density at radius 1 is 0.333 bits per heavy atom. The Morgan fingerprint density at radius 2 is 0.863 bits per heavy atom. The molecule has 0 saturated carbocycles. The fraction of sp³-hybridized carbons (Fsp3) is 0. The topological polar surface area (TPSA) is 51.8 Å². The Kier molecular flexibility index (Phi) is 6.78. The number of benzene rings is 8. The van der Waals surface area contributed by atoms with Crippen molar-refractivity contribution in [1.29, 1.82) is 0 Å². The SMILES string of the molecule is c1ccc(-c2ccc(-c3nc(-c4ccccc4)nc(-c4cccc5oc6c(-c7ccc8ccc9ccccc9c8c7)cccc6c45)n3)cc2)cc1. The van der Waals surface area contributed by atoms with Crippen LogP contribution in [0.4, 0.5) is 0 Å². The first-order chi connectivity index (χ1) is 25.3. The van der Waals surface area contributed by atoms with E-state index in [0.717, 1.165) is 55.3 Å². The van der Waals surface area contributed by atoms with Crippen molar-refractivity contribution < 1.29 is 4.42 Å². The number of para-hydroxylation sites is 1. The summed E-state index contributed by atoms with van der Waals surface area (Å²) in [4.78, 5) is 15.2. The number of hydrogen-bond acceptors (Lipinski definition) is 4. The first-order valence-electron chi connectivity index (χ1n) is 17.1. The molecule has 10 aromatic rings. The molecular weight excluding hydrogens is 623 g/mol. The molecule has 0 spiro atoms. The van der Waals surface area contributed by atoms with Crippen LogP contribution < -0.4 is 0 Å². The summed E-state index contributed by atoms with van der Waals surface area (Å²) in [6, 6.07) is 61.0. The summed E-state index contributed by atoms with van der Waals surface area (Å²) in [5.74, 6) is 1.84. The van der Waals surface area contributed by atoms with E-state index in [2.05, 4.69) is 127 Å². The van der Waals surface area contributed by atoms with Gasteiger partial charge in [-0.05, 0) is 50.4 Å². The zero-order valence-corrected chi connectivity index (χ0v) is 27.5. The predicted molar refractivity (Wildman–Crippen MR) is 209 cm³/mol. The van der Waals surface area contributed by atoms with Gasteiger partial charge in [0.1, 0.15) is 11.2 Å². The van der Waals surface area contributed by atoms with Gasteiger partial charge in [-0.1, -0.05) is 164 Å². The molecule has 0 amide bonds. The highest BCUT2D eigenvalue weighted by Gasteiger charge is 2.20. The summed E-state index contributed by atoms with van der Waals surface area (Å²) < 4.78 is 6.71. The Bertz CT molecular complexity index is 2900. The second kappa shape index (κ2) is 11.9. The quantitative estimate of drug-likeness (QED) is 0.174. The lowest BCUT2D eigenvalue weighted by molar-refractivity contribution is 0.670. The number of hydrogen-bond donors (Lipinski definition) is 0. The third-order valence-electron chi connectivity index (χ3n) is 9.74. The van der Waals surface area contributed by atoms with Gasteiger partial charge in [0.05, 0.1) is 0 Å². The van der Waals surface area contributed by atoms with Crippen LogP contribution in [0.15, 0.2) is 180 Å². The second-order valence-corrected chi connectivity index (χ2v) is 12.8. The van der Waals surface area contributed by atoms with Gasteiger partial charge in [-0.15, -0.1) is 0 Å². The van der Waals surface area contributed by atoms with E-state index in [4.69, 9.17) is 19.4 Å². The molecule has 0 fully saturated rings. The van der Waals surface area contributed by atoms with Crippen LogP contribution in [0.2, 0.25) is 0 Å². The van der Waals surface area contributed by atoms with Crippen molar-refractivity contribution in [3.8, 4) is 56.4 Å². The van der Waals surface area contributed by atoms with Gasteiger partial charge in [0.2, 0.25) is 0 Å². The molecule has 0 aliphatic carbocycles. The molecule has 0 bridgehead atoms. The number of rotatable bonds is 5.